The SMILES string of the molecule is Clc1ccc(NNc2ccccc2Cl)cc1. The van der Waals surface area contributed by atoms with Crippen molar-refractivity contribution in [3.05, 3.63) is 58.6 Å². The minimum atomic E-state index is 0.670. The summed E-state index contributed by atoms with van der Waals surface area (Å²) in [5, 5.41) is 1.38. The lowest BCUT2D eigenvalue weighted by molar-refractivity contribution is 1.41. The van der Waals surface area contributed by atoms with Gasteiger partial charge >= 0.3 is 0 Å². The molecule has 2 nitrogen and oxygen atoms in total. The van der Waals surface area contributed by atoms with E-state index in [4.69, 9.17) is 23.2 Å². The maximum Gasteiger partial charge on any atom is 0.0726 e. The molecule has 0 spiro atoms. The van der Waals surface area contributed by atoms with Crippen LogP contribution in [0.1, 0.15) is 0 Å². The van der Waals surface area contributed by atoms with Gasteiger partial charge in [-0.05, 0) is 36.4 Å². The fourth-order valence-corrected chi connectivity index (χ4v) is 1.54. The van der Waals surface area contributed by atoms with E-state index in [9.17, 15) is 0 Å². The predicted octanol–water partition coefficient (Wildman–Crippen LogP) is 4.43. The normalized spacial score (nSPS) is 9.88. The summed E-state index contributed by atoms with van der Waals surface area (Å²) in [5.41, 5.74) is 7.81. The van der Waals surface area contributed by atoms with E-state index in [-0.39, 0.29) is 0 Å². The third kappa shape index (κ3) is 2.81. The van der Waals surface area contributed by atoms with Gasteiger partial charge in [-0.25, -0.2) is 0 Å². The minimum Gasteiger partial charge on any atom is -0.301 e. The molecule has 0 aliphatic carbocycles. The standard InChI is InChI=1S/C12H10Cl2N2/c13-9-5-7-10(8-6-9)15-16-12-4-2-1-3-11(12)14/h1-8,15-16H. The first-order chi connectivity index (χ1) is 7.75. The van der Waals surface area contributed by atoms with Gasteiger partial charge in [-0.1, -0.05) is 35.3 Å². The Kier molecular flexibility index (Phi) is 3.54. The predicted molar refractivity (Wildman–Crippen MR) is 70.1 cm³/mol. The molecule has 2 aromatic carbocycles. The number of hydrogen-bond donors (Lipinski definition) is 2. The molecule has 0 saturated carbocycles. The van der Waals surface area contributed by atoms with Gasteiger partial charge in [-0.2, -0.15) is 0 Å². The molecule has 0 unspecified atom stereocenters. The summed E-state index contributed by atoms with van der Waals surface area (Å²) in [5.74, 6) is 0. The van der Waals surface area contributed by atoms with Crippen LogP contribution in [0, 0.1) is 0 Å². The zero-order valence-electron chi connectivity index (χ0n) is 8.37. The van der Waals surface area contributed by atoms with E-state index in [1.165, 1.54) is 0 Å². The second-order valence-electron chi connectivity index (χ2n) is 3.24. The lowest BCUT2D eigenvalue weighted by Gasteiger charge is -2.10. The van der Waals surface area contributed by atoms with Crippen molar-refractivity contribution in [2.24, 2.45) is 0 Å². The van der Waals surface area contributed by atoms with E-state index in [0.29, 0.717) is 10.0 Å². The van der Waals surface area contributed by atoms with Crippen molar-refractivity contribution in [2.45, 2.75) is 0 Å². The van der Waals surface area contributed by atoms with E-state index in [1.54, 1.807) is 0 Å². The topological polar surface area (TPSA) is 24.1 Å². The van der Waals surface area contributed by atoms with Gasteiger partial charge in [0.2, 0.25) is 0 Å². The van der Waals surface area contributed by atoms with E-state index in [2.05, 4.69) is 10.9 Å². The number of hydrazine groups is 1. The number of nitrogens with one attached hydrogen (secondary N) is 2. The van der Waals surface area contributed by atoms with E-state index in [1.807, 2.05) is 48.5 Å². The monoisotopic (exact) mass is 252 g/mol. The zero-order valence-corrected chi connectivity index (χ0v) is 9.89. The highest BCUT2D eigenvalue weighted by Gasteiger charge is 1.97. The maximum atomic E-state index is 5.99. The van der Waals surface area contributed by atoms with Gasteiger partial charge in [0.1, 0.15) is 0 Å². The second kappa shape index (κ2) is 5.10. The molecule has 0 aliphatic heterocycles. The molecular weight excluding hydrogens is 243 g/mol. The van der Waals surface area contributed by atoms with Gasteiger partial charge < -0.3 is 5.43 Å². The molecule has 0 atom stereocenters. The van der Waals surface area contributed by atoms with Crippen LogP contribution in [0.25, 0.3) is 0 Å². The average Bonchev–Trinajstić information content (AvgIpc) is 2.30. The van der Waals surface area contributed by atoms with Crippen molar-refractivity contribution < 1.29 is 0 Å². The van der Waals surface area contributed by atoms with Crippen LogP contribution < -0.4 is 10.9 Å². The number of para-hydroxylation sites is 1. The molecule has 0 saturated heterocycles. The molecule has 2 rings (SSSR count). The summed E-state index contributed by atoms with van der Waals surface area (Å²) in [6.07, 6.45) is 0. The number of anilines is 2. The smallest absolute Gasteiger partial charge is 0.0726 e. The summed E-state index contributed by atoms with van der Waals surface area (Å²) in [6, 6.07) is 14.9. The number of halogens is 2. The van der Waals surface area contributed by atoms with Crippen molar-refractivity contribution in [1.82, 2.24) is 0 Å². The van der Waals surface area contributed by atoms with Crippen LogP contribution in [0.3, 0.4) is 0 Å². The zero-order chi connectivity index (χ0) is 11.4. The molecule has 16 heavy (non-hydrogen) atoms. The van der Waals surface area contributed by atoms with Crippen LogP contribution in [0.2, 0.25) is 10.0 Å². The van der Waals surface area contributed by atoms with Gasteiger partial charge in [-0.3, -0.25) is 5.43 Å². The van der Waals surface area contributed by atoms with Gasteiger partial charge in [0.25, 0.3) is 0 Å². The lowest BCUT2D eigenvalue weighted by atomic mass is 10.3. The molecule has 0 fully saturated rings. The van der Waals surface area contributed by atoms with Crippen molar-refractivity contribution in [3.8, 4) is 0 Å². The summed E-state index contributed by atoms with van der Waals surface area (Å²) in [7, 11) is 0. The highest BCUT2D eigenvalue weighted by atomic mass is 35.5. The fraction of sp³-hybridized carbons (Fsp3) is 0. The Labute approximate surface area is 104 Å². The lowest BCUT2D eigenvalue weighted by Crippen LogP contribution is -2.08. The molecule has 0 bridgehead atoms. The molecule has 4 heteroatoms. The molecular formula is C12H10Cl2N2. The van der Waals surface area contributed by atoms with Crippen LogP contribution in [0.15, 0.2) is 48.5 Å². The summed E-state index contributed by atoms with van der Waals surface area (Å²) in [4.78, 5) is 0. The van der Waals surface area contributed by atoms with Gasteiger partial charge in [0.05, 0.1) is 16.4 Å². The van der Waals surface area contributed by atoms with E-state index in [0.717, 1.165) is 11.4 Å². The van der Waals surface area contributed by atoms with E-state index >= 15 is 0 Å². The first kappa shape index (κ1) is 11.1. The molecule has 0 aromatic heterocycles. The fourth-order valence-electron chi connectivity index (χ4n) is 1.24. The summed E-state index contributed by atoms with van der Waals surface area (Å²) < 4.78 is 0. The molecule has 82 valence electrons. The Bertz CT molecular complexity index is 469. The summed E-state index contributed by atoms with van der Waals surface area (Å²) >= 11 is 11.8. The first-order valence-corrected chi connectivity index (χ1v) is 5.53. The Morgan fingerprint density at radius 3 is 2.12 bits per heavy atom. The second-order valence-corrected chi connectivity index (χ2v) is 4.08. The van der Waals surface area contributed by atoms with Crippen molar-refractivity contribution in [1.29, 1.82) is 0 Å². The van der Waals surface area contributed by atoms with Crippen molar-refractivity contribution in [3.63, 3.8) is 0 Å². The van der Waals surface area contributed by atoms with Gasteiger partial charge in [-0.15, -0.1) is 0 Å². The molecule has 0 amide bonds. The third-order valence-corrected chi connectivity index (χ3v) is 2.64. The van der Waals surface area contributed by atoms with Gasteiger partial charge in [0.15, 0.2) is 0 Å². The number of benzene rings is 2. The summed E-state index contributed by atoms with van der Waals surface area (Å²) in [6.45, 7) is 0. The quantitative estimate of drug-likeness (QED) is 0.790. The van der Waals surface area contributed by atoms with Crippen molar-refractivity contribution >= 4 is 34.6 Å². The Morgan fingerprint density at radius 1 is 0.750 bits per heavy atom. The van der Waals surface area contributed by atoms with Crippen LogP contribution >= 0.6 is 23.2 Å². The molecule has 0 heterocycles. The molecule has 0 aliphatic rings. The number of rotatable bonds is 3. The van der Waals surface area contributed by atoms with Crippen LogP contribution in [-0.2, 0) is 0 Å². The highest BCUT2D eigenvalue weighted by molar-refractivity contribution is 6.33. The van der Waals surface area contributed by atoms with Crippen LogP contribution in [-0.4, -0.2) is 0 Å². The largest absolute Gasteiger partial charge is 0.301 e. The Hall–Kier alpha value is -1.38. The Balaban J connectivity index is 2.02. The molecule has 0 radical (unpaired) electrons. The minimum absolute atomic E-state index is 0.670. The molecule has 2 aromatic rings. The average molecular weight is 253 g/mol. The first-order valence-electron chi connectivity index (χ1n) is 4.78. The van der Waals surface area contributed by atoms with Crippen LogP contribution in [0.4, 0.5) is 11.4 Å². The number of hydrogen-bond acceptors (Lipinski definition) is 2. The maximum absolute atomic E-state index is 5.99. The van der Waals surface area contributed by atoms with Gasteiger partial charge in [0, 0.05) is 5.02 Å². The Morgan fingerprint density at radius 2 is 1.44 bits per heavy atom. The van der Waals surface area contributed by atoms with E-state index < -0.39 is 0 Å². The molecule has 2 N–H and O–H groups in total. The third-order valence-electron chi connectivity index (χ3n) is 2.06. The van der Waals surface area contributed by atoms with Crippen molar-refractivity contribution in [2.75, 3.05) is 10.9 Å². The highest BCUT2D eigenvalue weighted by Crippen LogP contribution is 2.21. The van der Waals surface area contributed by atoms with Crippen LogP contribution in [0.5, 0.6) is 0 Å².